The number of carbonyl (C=O) groups is 1. The number of carbonyl (C=O) groups excluding carboxylic acids is 1. The van der Waals surface area contributed by atoms with Crippen molar-refractivity contribution in [3.05, 3.63) is 22.4 Å². The first-order chi connectivity index (χ1) is 12.3. The van der Waals surface area contributed by atoms with Crippen LogP contribution in [0.3, 0.4) is 0 Å². The Bertz CT molecular complexity index is 402. The molecular formula is C22H39NOS. The molecule has 0 fully saturated rings. The van der Waals surface area contributed by atoms with Gasteiger partial charge in [0.2, 0.25) is 5.91 Å². The highest BCUT2D eigenvalue weighted by molar-refractivity contribution is 7.10. The van der Waals surface area contributed by atoms with Crippen LogP contribution in [0.25, 0.3) is 0 Å². The van der Waals surface area contributed by atoms with Gasteiger partial charge in [-0.1, -0.05) is 96.5 Å². The third kappa shape index (κ3) is 14.1. The first-order valence-corrected chi connectivity index (χ1v) is 11.5. The third-order valence-electron chi connectivity index (χ3n) is 4.77. The average molecular weight is 366 g/mol. The summed E-state index contributed by atoms with van der Waals surface area (Å²) in [4.78, 5) is 12.9. The molecule has 0 saturated carbocycles. The molecule has 0 bridgehead atoms. The van der Waals surface area contributed by atoms with Gasteiger partial charge in [0.1, 0.15) is 0 Å². The van der Waals surface area contributed by atoms with Crippen molar-refractivity contribution in [3.63, 3.8) is 0 Å². The second-order valence-electron chi connectivity index (χ2n) is 7.20. The van der Waals surface area contributed by atoms with Gasteiger partial charge in [0.25, 0.3) is 0 Å². The van der Waals surface area contributed by atoms with E-state index >= 15 is 0 Å². The Labute approximate surface area is 159 Å². The maximum absolute atomic E-state index is 11.7. The summed E-state index contributed by atoms with van der Waals surface area (Å²) >= 11 is 1.65. The van der Waals surface area contributed by atoms with Crippen LogP contribution in [0.5, 0.6) is 0 Å². The summed E-state index contributed by atoms with van der Waals surface area (Å²) in [5, 5.41) is 5.06. The molecule has 2 nitrogen and oxygen atoms in total. The maximum atomic E-state index is 11.7. The molecule has 1 aromatic rings. The van der Waals surface area contributed by atoms with Crippen LogP contribution in [-0.4, -0.2) is 12.5 Å². The quantitative estimate of drug-likeness (QED) is 0.299. The van der Waals surface area contributed by atoms with Crippen LogP contribution in [0.4, 0.5) is 0 Å². The number of amides is 1. The van der Waals surface area contributed by atoms with Crippen LogP contribution >= 0.6 is 11.3 Å². The highest BCUT2D eigenvalue weighted by Crippen LogP contribution is 2.13. The van der Waals surface area contributed by atoms with Crippen molar-refractivity contribution in [2.24, 2.45) is 0 Å². The van der Waals surface area contributed by atoms with Crippen molar-refractivity contribution in [2.45, 2.75) is 103 Å². The summed E-state index contributed by atoms with van der Waals surface area (Å²) in [7, 11) is 0. The zero-order valence-electron chi connectivity index (χ0n) is 16.4. The molecule has 1 heterocycles. The van der Waals surface area contributed by atoms with Gasteiger partial charge in [-0.2, -0.15) is 0 Å². The topological polar surface area (TPSA) is 29.1 Å². The Morgan fingerprint density at radius 3 is 1.84 bits per heavy atom. The van der Waals surface area contributed by atoms with E-state index in [1.54, 1.807) is 11.3 Å². The minimum Gasteiger partial charge on any atom is -0.356 e. The van der Waals surface area contributed by atoms with E-state index in [-0.39, 0.29) is 5.91 Å². The Morgan fingerprint density at radius 1 is 0.840 bits per heavy atom. The monoisotopic (exact) mass is 365 g/mol. The largest absolute Gasteiger partial charge is 0.356 e. The van der Waals surface area contributed by atoms with Crippen molar-refractivity contribution < 1.29 is 4.79 Å². The van der Waals surface area contributed by atoms with Crippen molar-refractivity contribution in [1.82, 2.24) is 5.32 Å². The second kappa shape index (κ2) is 16.6. The summed E-state index contributed by atoms with van der Waals surface area (Å²) in [6, 6.07) is 4.03. The van der Waals surface area contributed by atoms with Gasteiger partial charge in [-0.05, 0) is 17.9 Å². The van der Waals surface area contributed by atoms with E-state index in [9.17, 15) is 4.79 Å². The van der Waals surface area contributed by atoms with Gasteiger partial charge >= 0.3 is 0 Å². The van der Waals surface area contributed by atoms with E-state index in [2.05, 4.69) is 12.2 Å². The van der Waals surface area contributed by atoms with Gasteiger partial charge in [-0.25, -0.2) is 0 Å². The van der Waals surface area contributed by atoms with Crippen molar-refractivity contribution in [2.75, 3.05) is 6.54 Å². The SMILES string of the molecule is CCCCCCCCCCCCCCCCNC(=O)Cc1cccs1. The first-order valence-electron chi connectivity index (χ1n) is 10.6. The summed E-state index contributed by atoms with van der Waals surface area (Å²) in [6.45, 7) is 3.12. The van der Waals surface area contributed by atoms with E-state index in [0.29, 0.717) is 6.42 Å². The number of hydrogen-bond donors (Lipinski definition) is 1. The molecule has 0 spiro atoms. The molecule has 0 unspecified atom stereocenters. The van der Waals surface area contributed by atoms with E-state index in [4.69, 9.17) is 0 Å². The molecule has 0 aromatic carbocycles. The molecule has 0 aliphatic carbocycles. The Hall–Kier alpha value is -0.830. The Balaban J connectivity index is 1.74. The number of hydrogen-bond acceptors (Lipinski definition) is 2. The lowest BCUT2D eigenvalue weighted by atomic mass is 10.0. The second-order valence-corrected chi connectivity index (χ2v) is 8.23. The summed E-state index contributed by atoms with van der Waals surface area (Å²) in [5.74, 6) is 0.164. The van der Waals surface area contributed by atoms with Gasteiger partial charge in [0.15, 0.2) is 0 Å². The maximum Gasteiger partial charge on any atom is 0.225 e. The fourth-order valence-corrected chi connectivity index (χ4v) is 3.88. The van der Waals surface area contributed by atoms with Gasteiger partial charge < -0.3 is 5.32 Å². The van der Waals surface area contributed by atoms with Gasteiger partial charge in [-0.3, -0.25) is 4.79 Å². The lowest BCUT2D eigenvalue weighted by molar-refractivity contribution is -0.120. The lowest BCUT2D eigenvalue weighted by Gasteiger charge is -2.05. The standard InChI is InChI=1S/C22H39NOS/c1-2-3-4-5-6-7-8-9-10-11-12-13-14-15-18-23-22(24)20-21-17-16-19-25-21/h16-17,19H,2-15,18,20H2,1H3,(H,23,24). The molecule has 1 aromatic heterocycles. The molecule has 0 atom stereocenters. The molecular weight excluding hydrogens is 326 g/mol. The predicted molar refractivity (Wildman–Crippen MR) is 111 cm³/mol. The normalized spacial score (nSPS) is 10.9. The zero-order valence-corrected chi connectivity index (χ0v) is 17.2. The lowest BCUT2D eigenvalue weighted by Crippen LogP contribution is -2.25. The number of thiophene rings is 1. The van der Waals surface area contributed by atoms with Crippen LogP contribution in [0, 0.1) is 0 Å². The molecule has 0 saturated heterocycles. The van der Waals surface area contributed by atoms with Crippen molar-refractivity contribution in [3.8, 4) is 0 Å². The minimum atomic E-state index is 0.164. The average Bonchev–Trinajstić information content (AvgIpc) is 3.11. The fourth-order valence-electron chi connectivity index (χ4n) is 3.18. The molecule has 1 N–H and O–H groups in total. The van der Waals surface area contributed by atoms with Crippen LogP contribution in [0.2, 0.25) is 0 Å². The van der Waals surface area contributed by atoms with Crippen LogP contribution in [0.1, 0.15) is 102 Å². The van der Waals surface area contributed by atoms with Gasteiger partial charge in [-0.15, -0.1) is 11.3 Å². The first kappa shape index (κ1) is 22.2. The molecule has 1 amide bonds. The molecule has 144 valence electrons. The zero-order chi connectivity index (χ0) is 18.0. The smallest absolute Gasteiger partial charge is 0.225 e. The van der Waals surface area contributed by atoms with Crippen molar-refractivity contribution >= 4 is 17.2 Å². The van der Waals surface area contributed by atoms with Crippen LogP contribution in [0.15, 0.2) is 17.5 Å². The van der Waals surface area contributed by atoms with Crippen LogP contribution < -0.4 is 5.32 Å². The van der Waals surface area contributed by atoms with E-state index < -0.39 is 0 Å². The fraction of sp³-hybridized carbons (Fsp3) is 0.773. The molecule has 1 rings (SSSR count). The summed E-state index contributed by atoms with van der Waals surface area (Å²) in [6.07, 6.45) is 19.8. The summed E-state index contributed by atoms with van der Waals surface area (Å²) in [5.41, 5.74) is 0. The molecule has 0 radical (unpaired) electrons. The molecule has 3 heteroatoms. The number of unbranched alkanes of at least 4 members (excludes halogenated alkanes) is 13. The van der Waals surface area contributed by atoms with E-state index in [1.165, 1.54) is 83.5 Å². The molecule has 0 aliphatic heterocycles. The molecule has 25 heavy (non-hydrogen) atoms. The van der Waals surface area contributed by atoms with Crippen molar-refractivity contribution in [1.29, 1.82) is 0 Å². The van der Waals surface area contributed by atoms with Gasteiger partial charge in [0, 0.05) is 11.4 Å². The Morgan fingerprint density at radius 2 is 1.36 bits per heavy atom. The third-order valence-corrected chi connectivity index (χ3v) is 5.64. The summed E-state index contributed by atoms with van der Waals surface area (Å²) < 4.78 is 0. The minimum absolute atomic E-state index is 0.164. The highest BCUT2D eigenvalue weighted by atomic mass is 32.1. The highest BCUT2D eigenvalue weighted by Gasteiger charge is 2.02. The van der Waals surface area contributed by atoms with Crippen LogP contribution in [-0.2, 0) is 11.2 Å². The predicted octanol–water partition coefficient (Wildman–Crippen LogP) is 6.89. The number of rotatable bonds is 17. The number of nitrogens with one attached hydrogen (secondary N) is 1. The van der Waals surface area contributed by atoms with E-state index in [1.807, 2.05) is 17.5 Å². The van der Waals surface area contributed by atoms with Gasteiger partial charge in [0.05, 0.1) is 6.42 Å². The molecule has 0 aliphatic rings. The Kier molecular flexibility index (Phi) is 14.8. The van der Waals surface area contributed by atoms with E-state index in [0.717, 1.165) is 17.8 Å².